The third-order valence-corrected chi connectivity index (χ3v) is 6.49. The van der Waals surface area contributed by atoms with Gasteiger partial charge in [-0.1, -0.05) is 13.0 Å². The smallest absolute Gasteiger partial charge is 0.172 e. The average molecular weight is 441 g/mol. The maximum absolute atomic E-state index is 15.1. The number of ether oxygens (including phenoxy) is 2. The number of aromatic amines is 1. The van der Waals surface area contributed by atoms with E-state index in [0.717, 1.165) is 5.57 Å². The normalized spacial score (nSPS) is 28.2. The highest BCUT2D eigenvalue weighted by atomic mass is 19.1. The van der Waals surface area contributed by atoms with Crippen molar-refractivity contribution in [2.45, 2.75) is 51.8 Å². The van der Waals surface area contributed by atoms with E-state index in [9.17, 15) is 5.11 Å². The quantitative estimate of drug-likeness (QED) is 0.745. The number of nitrogens with one attached hydrogen (secondary N) is 1. The van der Waals surface area contributed by atoms with Gasteiger partial charge >= 0.3 is 0 Å². The Morgan fingerprint density at radius 1 is 1.25 bits per heavy atom. The third kappa shape index (κ3) is 3.42. The molecule has 170 valence electrons. The molecule has 5 heterocycles. The SMILES string of the molecule is CC1C/C=C(\c2c(F)cnc3[nH]ccc23)N=C2C(=C1C(C)(C)O)OC[C@@H]1COC[C@@H](C)N21. The third-order valence-electron chi connectivity index (χ3n) is 6.49. The molecule has 8 heteroatoms. The first-order chi connectivity index (χ1) is 15.3. The molecular formula is C24H29FN4O3. The van der Waals surface area contributed by atoms with Crippen LogP contribution in [0.5, 0.6) is 0 Å². The monoisotopic (exact) mass is 440 g/mol. The van der Waals surface area contributed by atoms with E-state index in [1.807, 2.05) is 12.1 Å². The van der Waals surface area contributed by atoms with Crippen molar-refractivity contribution in [2.75, 3.05) is 19.8 Å². The molecule has 0 amide bonds. The Morgan fingerprint density at radius 2 is 2.06 bits per heavy atom. The number of aliphatic hydroxyl groups is 1. The maximum atomic E-state index is 15.1. The van der Waals surface area contributed by atoms with E-state index < -0.39 is 11.4 Å². The van der Waals surface area contributed by atoms with Crippen LogP contribution in [-0.4, -0.2) is 63.3 Å². The Balaban J connectivity index is 1.76. The fraction of sp³-hybridized carbons (Fsp3) is 0.500. The predicted octanol–water partition coefficient (Wildman–Crippen LogP) is 3.63. The lowest BCUT2D eigenvalue weighted by molar-refractivity contribution is -0.0448. The topological polar surface area (TPSA) is 83.0 Å². The second-order valence-electron chi connectivity index (χ2n) is 9.44. The van der Waals surface area contributed by atoms with Crippen LogP contribution in [0.15, 0.2) is 40.9 Å². The molecule has 0 radical (unpaired) electrons. The molecule has 0 spiro atoms. The van der Waals surface area contributed by atoms with Gasteiger partial charge < -0.3 is 24.5 Å². The predicted molar refractivity (Wildman–Crippen MR) is 120 cm³/mol. The molecule has 1 unspecified atom stereocenters. The lowest BCUT2D eigenvalue weighted by Crippen LogP contribution is -2.59. The number of amidine groups is 1. The molecule has 3 aliphatic rings. The van der Waals surface area contributed by atoms with Gasteiger partial charge in [0.1, 0.15) is 12.3 Å². The summed E-state index contributed by atoms with van der Waals surface area (Å²) in [5.41, 5.74) is 1.31. The van der Waals surface area contributed by atoms with Gasteiger partial charge in [-0.15, -0.1) is 0 Å². The van der Waals surface area contributed by atoms with Crippen molar-refractivity contribution in [2.24, 2.45) is 10.9 Å². The summed E-state index contributed by atoms with van der Waals surface area (Å²) in [5, 5.41) is 11.7. The highest BCUT2D eigenvalue weighted by Gasteiger charge is 2.42. The molecule has 0 aromatic carbocycles. The highest BCUT2D eigenvalue weighted by Crippen LogP contribution is 2.39. The van der Waals surface area contributed by atoms with Gasteiger partial charge in [0.2, 0.25) is 0 Å². The van der Waals surface area contributed by atoms with Crippen LogP contribution in [0.2, 0.25) is 0 Å². The Morgan fingerprint density at radius 3 is 2.84 bits per heavy atom. The minimum atomic E-state index is -1.08. The fourth-order valence-corrected chi connectivity index (χ4v) is 5.15. The van der Waals surface area contributed by atoms with E-state index in [4.69, 9.17) is 14.5 Å². The number of nitrogens with zero attached hydrogens (tertiary/aromatic N) is 3. The van der Waals surface area contributed by atoms with E-state index >= 15 is 4.39 Å². The minimum absolute atomic E-state index is 0.00912. The molecule has 2 fully saturated rings. The second kappa shape index (κ2) is 7.71. The lowest BCUT2D eigenvalue weighted by atomic mass is 9.83. The number of aromatic nitrogens is 2. The number of allylic oxidation sites excluding steroid dienone is 1. The first kappa shape index (κ1) is 21.2. The number of hydrogen-bond donors (Lipinski definition) is 2. The number of rotatable bonds is 2. The second-order valence-corrected chi connectivity index (χ2v) is 9.44. The number of pyridine rings is 1. The average Bonchev–Trinajstić information content (AvgIpc) is 3.19. The van der Waals surface area contributed by atoms with Gasteiger partial charge in [0, 0.05) is 22.7 Å². The molecule has 0 bridgehead atoms. The van der Waals surface area contributed by atoms with Crippen molar-refractivity contribution in [3.63, 3.8) is 0 Å². The van der Waals surface area contributed by atoms with Crippen molar-refractivity contribution in [1.29, 1.82) is 0 Å². The van der Waals surface area contributed by atoms with Crippen LogP contribution >= 0.6 is 0 Å². The van der Waals surface area contributed by atoms with E-state index in [-0.39, 0.29) is 18.0 Å². The number of H-pyrrole nitrogens is 1. The molecule has 2 N–H and O–H groups in total. The Kier molecular flexibility index (Phi) is 5.09. The van der Waals surface area contributed by atoms with Crippen LogP contribution < -0.4 is 0 Å². The van der Waals surface area contributed by atoms with Gasteiger partial charge in [-0.2, -0.15) is 0 Å². The molecule has 7 nitrogen and oxygen atoms in total. The van der Waals surface area contributed by atoms with Crippen molar-refractivity contribution in [3.05, 3.63) is 47.2 Å². The first-order valence-corrected chi connectivity index (χ1v) is 11.1. The van der Waals surface area contributed by atoms with E-state index in [1.54, 1.807) is 20.0 Å². The van der Waals surface area contributed by atoms with Gasteiger partial charge in [-0.25, -0.2) is 14.4 Å². The van der Waals surface area contributed by atoms with Gasteiger partial charge in [0.25, 0.3) is 0 Å². The van der Waals surface area contributed by atoms with E-state index in [2.05, 4.69) is 28.7 Å². The lowest BCUT2D eigenvalue weighted by Gasteiger charge is -2.47. The van der Waals surface area contributed by atoms with Crippen molar-refractivity contribution in [3.8, 4) is 0 Å². The molecule has 3 aliphatic heterocycles. The summed E-state index contributed by atoms with van der Waals surface area (Å²) in [6.45, 7) is 9.26. The van der Waals surface area contributed by atoms with Gasteiger partial charge in [0.05, 0.1) is 42.8 Å². The fourth-order valence-electron chi connectivity index (χ4n) is 5.15. The summed E-state index contributed by atoms with van der Waals surface area (Å²) >= 11 is 0. The minimum Gasteiger partial charge on any atom is -0.487 e. The van der Waals surface area contributed by atoms with Crippen molar-refractivity contribution >= 4 is 22.6 Å². The van der Waals surface area contributed by atoms with Crippen LogP contribution in [0.1, 0.15) is 39.7 Å². The zero-order valence-corrected chi connectivity index (χ0v) is 18.9. The van der Waals surface area contributed by atoms with Crippen LogP contribution in [0, 0.1) is 11.7 Å². The number of aliphatic imine (C=N–C) groups is 1. The first-order valence-electron chi connectivity index (χ1n) is 11.1. The number of halogens is 1. The summed E-state index contributed by atoms with van der Waals surface area (Å²) in [4.78, 5) is 14.4. The van der Waals surface area contributed by atoms with Crippen LogP contribution in [0.3, 0.4) is 0 Å². The molecule has 0 aliphatic carbocycles. The van der Waals surface area contributed by atoms with Gasteiger partial charge in [0.15, 0.2) is 17.4 Å². The molecule has 3 atom stereocenters. The van der Waals surface area contributed by atoms with E-state index in [0.29, 0.717) is 60.1 Å². The highest BCUT2D eigenvalue weighted by molar-refractivity contribution is 6.03. The summed E-state index contributed by atoms with van der Waals surface area (Å²) < 4.78 is 27.1. The summed E-state index contributed by atoms with van der Waals surface area (Å²) in [6.07, 6.45) is 5.53. The summed E-state index contributed by atoms with van der Waals surface area (Å²) in [7, 11) is 0. The van der Waals surface area contributed by atoms with E-state index in [1.165, 1.54) is 6.20 Å². The molecule has 32 heavy (non-hydrogen) atoms. The number of morpholine rings is 2. The Bertz CT molecular complexity index is 1140. The maximum Gasteiger partial charge on any atom is 0.172 e. The largest absolute Gasteiger partial charge is 0.487 e. The summed E-state index contributed by atoms with van der Waals surface area (Å²) in [5.74, 6) is 0.787. The van der Waals surface area contributed by atoms with Crippen LogP contribution in [0.25, 0.3) is 16.7 Å². The number of fused-ring (bicyclic) bond motifs is 4. The molecular weight excluding hydrogens is 411 g/mol. The zero-order chi connectivity index (χ0) is 22.6. The molecule has 5 rings (SSSR count). The van der Waals surface area contributed by atoms with Crippen molar-refractivity contribution < 1.29 is 19.0 Å². The molecule has 2 aromatic heterocycles. The van der Waals surface area contributed by atoms with Gasteiger partial charge in [-0.3, -0.25) is 0 Å². The number of hydrogen-bond acceptors (Lipinski definition) is 6. The molecule has 2 aromatic rings. The summed E-state index contributed by atoms with van der Waals surface area (Å²) in [6, 6.07) is 1.90. The Labute approximate surface area is 186 Å². The van der Waals surface area contributed by atoms with Gasteiger partial charge in [-0.05, 0) is 39.2 Å². The standard InChI is InChI=1S/C24H29FN4O3/c1-13-5-6-18(19-16-7-8-26-22(16)27-9-17(19)25)28-23-21(20(13)24(3,4)30)32-12-15-11-31-10-14(2)29(15)23/h6-9,13-15,30H,5,10-12H2,1-4H3,(H,26,27)/b18-6+,21-20?,28-23?/t13?,14-,15+/m1/s1. The Hall–Kier alpha value is -2.71. The zero-order valence-electron chi connectivity index (χ0n) is 18.9. The molecule has 2 saturated heterocycles. The van der Waals surface area contributed by atoms with Crippen LogP contribution in [0.4, 0.5) is 4.39 Å². The molecule has 0 saturated carbocycles. The van der Waals surface area contributed by atoms with Crippen LogP contribution in [-0.2, 0) is 9.47 Å². The van der Waals surface area contributed by atoms with Crippen molar-refractivity contribution in [1.82, 2.24) is 14.9 Å².